The second kappa shape index (κ2) is 5.74. The Morgan fingerprint density at radius 1 is 1.37 bits per heavy atom. The zero-order chi connectivity index (χ0) is 13.9. The second-order valence-corrected chi connectivity index (χ2v) is 6.00. The molecule has 104 valence electrons. The Morgan fingerprint density at radius 3 is 2.58 bits per heavy atom. The van der Waals surface area contributed by atoms with E-state index in [9.17, 15) is 4.79 Å². The van der Waals surface area contributed by atoms with Crippen LogP contribution >= 0.6 is 0 Å². The number of rotatable bonds is 4. The highest BCUT2D eigenvalue weighted by atomic mass is 16.5. The van der Waals surface area contributed by atoms with Crippen molar-refractivity contribution >= 4 is 5.97 Å². The number of methoxy groups -OCH3 is 1. The molecule has 0 heterocycles. The lowest BCUT2D eigenvalue weighted by atomic mass is 9.87. The van der Waals surface area contributed by atoms with Crippen LogP contribution < -0.4 is 5.32 Å². The first-order valence-electron chi connectivity index (χ1n) is 6.93. The van der Waals surface area contributed by atoms with E-state index in [1.165, 1.54) is 31.9 Å². The molecule has 19 heavy (non-hydrogen) atoms. The number of nitrogens with one attached hydrogen (secondary N) is 1. The van der Waals surface area contributed by atoms with Gasteiger partial charge in [0.05, 0.1) is 12.7 Å². The van der Waals surface area contributed by atoms with Crippen LogP contribution in [0.4, 0.5) is 0 Å². The van der Waals surface area contributed by atoms with Gasteiger partial charge in [0.15, 0.2) is 0 Å². The van der Waals surface area contributed by atoms with Crippen molar-refractivity contribution < 1.29 is 9.53 Å². The highest BCUT2D eigenvalue weighted by Gasteiger charge is 2.33. The van der Waals surface area contributed by atoms with E-state index in [2.05, 4.69) is 19.2 Å². The number of ether oxygens (including phenoxy) is 1. The van der Waals surface area contributed by atoms with Gasteiger partial charge in [-0.05, 0) is 36.0 Å². The van der Waals surface area contributed by atoms with E-state index in [0.717, 1.165) is 6.54 Å². The van der Waals surface area contributed by atoms with Crippen LogP contribution in [0.5, 0.6) is 0 Å². The normalized spacial score (nSPS) is 21.3. The van der Waals surface area contributed by atoms with Crippen LogP contribution in [0.1, 0.15) is 49.0 Å². The van der Waals surface area contributed by atoms with Gasteiger partial charge in [-0.2, -0.15) is 0 Å². The molecule has 1 N–H and O–H groups in total. The number of hydrogen-bond acceptors (Lipinski definition) is 3. The molecule has 1 aliphatic carbocycles. The SMILES string of the molecule is COC(=O)c1ccc(CNC2CCCC2(C)C)cc1. The molecule has 1 aromatic carbocycles. The zero-order valence-electron chi connectivity index (χ0n) is 12.0. The Labute approximate surface area is 115 Å². The molecule has 1 atom stereocenters. The molecule has 0 bridgehead atoms. The number of carbonyl (C=O) groups is 1. The van der Waals surface area contributed by atoms with Gasteiger partial charge in [-0.3, -0.25) is 0 Å². The minimum atomic E-state index is -0.281. The van der Waals surface area contributed by atoms with Crippen LogP contribution in [0.2, 0.25) is 0 Å². The minimum absolute atomic E-state index is 0.281. The van der Waals surface area contributed by atoms with Gasteiger partial charge in [0.2, 0.25) is 0 Å². The summed E-state index contributed by atoms with van der Waals surface area (Å²) in [5.41, 5.74) is 2.20. The summed E-state index contributed by atoms with van der Waals surface area (Å²) >= 11 is 0. The lowest BCUT2D eigenvalue weighted by molar-refractivity contribution is 0.0600. The maximum Gasteiger partial charge on any atom is 0.337 e. The third-order valence-electron chi connectivity index (χ3n) is 4.18. The van der Waals surface area contributed by atoms with Crippen LogP contribution in [0.25, 0.3) is 0 Å². The summed E-state index contributed by atoms with van der Waals surface area (Å²) in [6.07, 6.45) is 3.87. The van der Waals surface area contributed by atoms with E-state index in [1.54, 1.807) is 0 Å². The number of benzene rings is 1. The molecule has 3 heteroatoms. The maximum absolute atomic E-state index is 11.3. The van der Waals surface area contributed by atoms with Crippen LogP contribution in [0.15, 0.2) is 24.3 Å². The highest BCUT2D eigenvalue weighted by Crippen LogP contribution is 2.37. The summed E-state index contributed by atoms with van der Waals surface area (Å²) in [5, 5.41) is 3.63. The predicted molar refractivity (Wildman–Crippen MR) is 76.0 cm³/mol. The maximum atomic E-state index is 11.3. The lowest BCUT2D eigenvalue weighted by Gasteiger charge is -2.28. The summed E-state index contributed by atoms with van der Waals surface area (Å²) in [4.78, 5) is 11.3. The topological polar surface area (TPSA) is 38.3 Å². The van der Waals surface area contributed by atoms with Crippen molar-refractivity contribution in [2.75, 3.05) is 7.11 Å². The lowest BCUT2D eigenvalue weighted by Crippen LogP contribution is -2.37. The average molecular weight is 261 g/mol. The molecule has 0 saturated heterocycles. The molecular formula is C16H23NO2. The third kappa shape index (κ3) is 3.35. The fraction of sp³-hybridized carbons (Fsp3) is 0.562. The van der Waals surface area contributed by atoms with Gasteiger partial charge in [0.1, 0.15) is 0 Å². The Hall–Kier alpha value is -1.35. The largest absolute Gasteiger partial charge is 0.465 e. The van der Waals surface area contributed by atoms with E-state index in [-0.39, 0.29) is 5.97 Å². The van der Waals surface area contributed by atoms with E-state index < -0.39 is 0 Å². The second-order valence-electron chi connectivity index (χ2n) is 6.00. The standard InChI is InChI=1S/C16H23NO2/c1-16(2)10-4-5-14(16)17-11-12-6-8-13(9-7-12)15(18)19-3/h6-9,14,17H,4-5,10-11H2,1-3H3. The molecular weight excluding hydrogens is 238 g/mol. The van der Waals surface area contributed by atoms with E-state index >= 15 is 0 Å². The molecule has 3 nitrogen and oxygen atoms in total. The van der Waals surface area contributed by atoms with Crippen molar-refractivity contribution in [3.05, 3.63) is 35.4 Å². The molecule has 2 rings (SSSR count). The highest BCUT2D eigenvalue weighted by molar-refractivity contribution is 5.89. The molecule has 0 radical (unpaired) electrons. The monoisotopic (exact) mass is 261 g/mol. The first-order valence-corrected chi connectivity index (χ1v) is 6.93. The Morgan fingerprint density at radius 2 is 2.05 bits per heavy atom. The van der Waals surface area contributed by atoms with Gasteiger partial charge >= 0.3 is 5.97 Å². The number of carbonyl (C=O) groups excluding carboxylic acids is 1. The van der Waals surface area contributed by atoms with Crippen molar-refractivity contribution in [2.24, 2.45) is 5.41 Å². The van der Waals surface area contributed by atoms with Gasteiger partial charge in [0.25, 0.3) is 0 Å². The number of hydrogen-bond donors (Lipinski definition) is 1. The van der Waals surface area contributed by atoms with Crippen molar-refractivity contribution in [1.82, 2.24) is 5.32 Å². The van der Waals surface area contributed by atoms with Crippen molar-refractivity contribution in [1.29, 1.82) is 0 Å². The number of esters is 1. The molecule has 1 saturated carbocycles. The van der Waals surface area contributed by atoms with E-state index in [4.69, 9.17) is 4.74 Å². The van der Waals surface area contributed by atoms with Crippen LogP contribution in [0.3, 0.4) is 0 Å². The molecule has 0 amide bonds. The average Bonchev–Trinajstić information content (AvgIpc) is 2.75. The molecule has 0 spiro atoms. The van der Waals surface area contributed by atoms with Gasteiger partial charge in [0, 0.05) is 12.6 Å². The Kier molecular flexibility index (Phi) is 4.25. The van der Waals surface area contributed by atoms with Gasteiger partial charge in [-0.1, -0.05) is 32.4 Å². The zero-order valence-corrected chi connectivity index (χ0v) is 12.0. The summed E-state index contributed by atoms with van der Waals surface area (Å²) in [6, 6.07) is 8.21. The molecule has 0 aromatic heterocycles. The van der Waals surface area contributed by atoms with E-state index in [0.29, 0.717) is 17.0 Å². The Bertz CT molecular complexity index is 437. The third-order valence-corrected chi connectivity index (χ3v) is 4.18. The summed E-state index contributed by atoms with van der Waals surface area (Å²) < 4.78 is 4.69. The molecule has 1 fully saturated rings. The fourth-order valence-electron chi connectivity index (χ4n) is 2.82. The molecule has 0 aliphatic heterocycles. The molecule has 1 aromatic rings. The molecule has 1 aliphatic rings. The summed E-state index contributed by atoms with van der Waals surface area (Å²) in [6.45, 7) is 5.52. The van der Waals surface area contributed by atoms with Crippen LogP contribution in [-0.2, 0) is 11.3 Å². The molecule has 1 unspecified atom stereocenters. The first-order chi connectivity index (χ1) is 9.03. The quantitative estimate of drug-likeness (QED) is 0.846. The van der Waals surface area contributed by atoms with Gasteiger partial charge < -0.3 is 10.1 Å². The van der Waals surface area contributed by atoms with Crippen molar-refractivity contribution in [2.45, 2.75) is 45.7 Å². The smallest absolute Gasteiger partial charge is 0.337 e. The Balaban J connectivity index is 1.91. The van der Waals surface area contributed by atoms with Crippen molar-refractivity contribution in [3.8, 4) is 0 Å². The summed E-state index contributed by atoms with van der Waals surface area (Å²) in [7, 11) is 1.40. The fourth-order valence-corrected chi connectivity index (χ4v) is 2.82. The van der Waals surface area contributed by atoms with Gasteiger partial charge in [-0.15, -0.1) is 0 Å². The van der Waals surface area contributed by atoms with Crippen LogP contribution in [-0.4, -0.2) is 19.1 Å². The van der Waals surface area contributed by atoms with Crippen LogP contribution in [0, 0.1) is 5.41 Å². The van der Waals surface area contributed by atoms with Gasteiger partial charge in [-0.25, -0.2) is 4.79 Å². The van der Waals surface area contributed by atoms with Crippen molar-refractivity contribution in [3.63, 3.8) is 0 Å². The predicted octanol–water partition coefficient (Wildman–Crippen LogP) is 3.14. The minimum Gasteiger partial charge on any atom is -0.465 e. The first kappa shape index (κ1) is 14.1. The van der Waals surface area contributed by atoms with E-state index in [1.807, 2.05) is 24.3 Å². The summed E-state index contributed by atoms with van der Waals surface area (Å²) in [5.74, 6) is -0.281.